The van der Waals surface area contributed by atoms with E-state index < -0.39 is 0 Å². The number of methoxy groups -OCH3 is 2. The van der Waals surface area contributed by atoms with Crippen molar-refractivity contribution < 1.29 is 14.3 Å². The van der Waals surface area contributed by atoms with Crippen LogP contribution in [-0.4, -0.2) is 50.7 Å². The quantitative estimate of drug-likeness (QED) is 0.876. The summed E-state index contributed by atoms with van der Waals surface area (Å²) < 4.78 is 10.5. The summed E-state index contributed by atoms with van der Waals surface area (Å²) in [5.41, 5.74) is 0.628. The molecule has 0 atom stereocenters. The molecule has 0 aromatic heterocycles. The number of hydrogen-bond acceptors (Lipinski definition) is 4. The Morgan fingerprint density at radius 1 is 1.18 bits per heavy atom. The molecule has 1 aromatic carbocycles. The first-order valence-corrected chi connectivity index (χ1v) is 7.94. The number of ether oxygens (including phenoxy) is 2. The van der Waals surface area contributed by atoms with Crippen molar-refractivity contribution in [2.75, 3.05) is 33.9 Å². The molecule has 1 aliphatic rings. The van der Waals surface area contributed by atoms with E-state index in [0.29, 0.717) is 23.1 Å². The summed E-state index contributed by atoms with van der Waals surface area (Å²) in [5, 5.41) is 3.35. The first-order chi connectivity index (χ1) is 10.7. The van der Waals surface area contributed by atoms with Gasteiger partial charge in [0.25, 0.3) is 5.91 Å². The molecule has 0 saturated carbocycles. The second-order valence-corrected chi connectivity index (χ2v) is 5.58. The van der Waals surface area contributed by atoms with Crippen molar-refractivity contribution in [2.45, 2.75) is 32.2 Å². The Hall–Kier alpha value is -1.75. The van der Waals surface area contributed by atoms with Gasteiger partial charge in [-0.1, -0.05) is 6.92 Å². The van der Waals surface area contributed by atoms with E-state index in [1.54, 1.807) is 32.4 Å². The molecule has 0 unspecified atom stereocenters. The van der Waals surface area contributed by atoms with Gasteiger partial charge in [-0.05, 0) is 44.5 Å². The Morgan fingerprint density at radius 2 is 1.77 bits per heavy atom. The number of carbonyl (C=O) groups excluding carboxylic acids is 1. The lowest BCUT2D eigenvalue weighted by Crippen LogP contribution is -2.46. The minimum Gasteiger partial charge on any atom is -0.497 e. The van der Waals surface area contributed by atoms with E-state index in [2.05, 4.69) is 12.2 Å². The SMILES string of the molecule is CCCN(C(=O)c1cc(OC)cc(OC)c1)C1CCNCC1. The van der Waals surface area contributed by atoms with Crippen LogP contribution in [-0.2, 0) is 0 Å². The molecule has 1 amide bonds. The third kappa shape index (κ3) is 3.91. The third-order valence-electron chi connectivity index (χ3n) is 4.07. The molecule has 1 aliphatic heterocycles. The van der Waals surface area contributed by atoms with E-state index in [4.69, 9.17) is 9.47 Å². The average Bonchev–Trinajstić information content (AvgIpc) is 2.59. The van der Waals surface area contributed by atoms with Crippen LogP contribution in [0.15, 0.2) is 18.2 Å². The van der Waals surface area contributed by atoms with E-state index in [9.17, 15) is 4.79 Å². The van der Waals surface area contributed by atoms with Crippen LogP contribution >= 0.6 is 0 Å². The van der Waals surface area contributed by atoms with Crippen molar-refractivity contribution in [3.05, 3.63) is 23.8 Å². The topological polar surface area (TPSA) is 50.8 Å². The molecule has 122 valence electrons. The van der Waals surface area contributed by atoms with Gasteiger partial charge in [-0.2, -0.15) is 0 Å². The zero-order valence-corrected chi connectivity index (χ0v) is 13.7. The number of hydrogen-bond donors (Lipinski definition) is 1. The number of carbonyl (C=O) groups is 1. The fourth-order valence-electron chi connectivity index (χ4n) is 2.91. The fourth-order valence-corrected chi connectivity index (χ4v) is 2.91. The Labute approximate surface area is 132 Å². The molecule has 1 heterocycles. The minimum atomic E-state index is 0.0611. The monoisotopic (exact) mass is 306 g/mol. The lowest BCUT2D eigenvalue weighted by molar-refractivity contribution is 0.0642. The summed E-state index contributed by atoms with van der Waals surface area (Å²) in [5.74, 6) is 1.35. The normalized spacial score (nSPS) is 15.4. The highest BCUT2D eigenvalue weighted by Gasteiger charge is 2.26. The summed E-state index contributed by atoms with van der Waals surface area (Å²) in [7, 11) is 3.19. The summed E-state index contributed by atoms with van der Waals surface area (Å²) in [6, 6.07) is 5.67. The molecule has 2 rings (SSSR count). The summed E-state index contributed by atoms with van der Waals surface area (Å²) in [6.45, 7) is 4.83. The molecule has 0 spiro atoms. The number of nitrogens with zero attached hydrogens (tertiary/aromatic N) is 1. The molecule has 5 nitrogen and oxygen atoms in total. The Balaban J connectivity index is 2.25. The lowest BCUT2D eigenvalue weighted by atomic mass is 10.0. The van der Waals surface area contributed by atoms with Crippen LogP contribution < -0.4 is 14.8 Å². The summed E-state index contributed by atoms with van der Waals surface area (Å²) >= 11 is 0. The van der Waals surface area contributed by atoms with Crippen LogP contribution in [0.1, 0.15) is 36.5 Å². The minimum absolute atomic E-state index is 0.0611. The van der Waals surface area contributed by atoms with Crippen LogP contribution in [0.5, 0.6) is 11.5 Å². The second kappa shape index (κ2) is 8.03. The van der Waals surface area contributed by atoms with Crippen LogP contribution in [0.25, 0.3) is 0 Å². The van der Waals surface area contributed by atoms with Crippen molar-refractivity contribution in [1.29, 1.82) is 0 Å². The largest absolute Gasteiger partial charge is 0.497 e. The van der Waals surface area contributed by atoms with Crippen LogP contribution in [0.3, 0.4) is 0 Å². The second-order valence-electron chi connectivity index (χ2n) is 5.58. The van der Waals surface area contributed by atoms with E-state index in [-0.39, 0.29) is 5.91 Å². The lowest BCUT2D eigenvalue weighted by Gasteiger charge is -2.34. The van der Waals surface area contributed by atoms with E-state index in [1.807, 2.05) is 4.90 Å². The zero-order chi connectivity index (χ0) is 15.9. The smallest absolute Gasteiger partial charge is 0.254 e. The van der Waals surface area contributed by atoms with Crippen LogP contribution in [0.4, 0.5) is 0 Å². The summed E-state index contributed by atoms with van der Waals surface area (Å²) in [6.07, 6.45) is 2.97. The van der Waals surface area contributed by atoms with E-state index >= 15 is 0 Å². The van der Waals surface area contributed by atoms with Gasteiger partial charge in [0.1, 0.15) is 11.5 Å². The maximum absolute atomic E-state index is 13.0. The van der Waals surface area contributed by atoms with E-state index in [1.165, 1.54) is 0 Å². The summed E-state index contributed by atoms with van der Waals surface area (Å²) in [4.78, 5) is 15.0. The molecule has 0 bridgehead atoms. The van der Waals surface area contributed by atoms with Crippen molar-refractivity contribution in [2.24, 2.45) is 0 Å². The maximum atomic E-state index is 13.0. The molecule has 0 aliphatic carbocycles. The van der Waals surface area contributed by atoms with Crippen molar-refractivity contribution >= 4 is 5.91 Å². The molecule has 22 heavy (non-hydrogen) atoms. The molecule has 1 fully saturated rings. The highest BCUT2D eigenvalue weighted by atomic mass is 16.5. The predicted molar refractivity (Wildman–Crippen MR) is 86.8 cm³/mol. The zero-order valence-electron chi connectivity index (χ0n) is 13.7. The molecule has 5 heteroatoms. The van der Waals surface area contributed by atoms with Crippen LogP contribution in [0.2, 0.25) is 0 Å². The van der Waals surface area contributed by atoms with Gasteiger partial charge >= 0.3 is 0 Å². The first kappa shape index (κ1) is 16.6. The number of amides is 1. The maximum Gasteiger partial charge on any atom is 0.254 e. The molecule has 1 saturated heterocycles. The Kier molecular flexibility index (Phi) is 6.07. The van der Waals surface area contributed by atoms with Gasteiger partial charge in [0, 0.05) is 24.2 Å². The number of rotatable bonds is 6. The van der Waals surface area contributed by atoms with Gasteiger partial charge in [0.15, 0.2) is 0 Å². The van der Waals surface area contributed by atoms with Crippen molar-refractivity contribution in [3.63, 3.8) is 0 Å². The number of piperidine rings is 1. The van der Waals surface area contributed by atoms with Gasteiger partial charge in [-0.15, -0.1) is 0 Å². The molecular formula is C17H26N2O3. The molecule has 0 radical (unpaired) electrons. The average molecular weight is 306 g/mol. The fraction of sp³-hybridized carbons (Fsp3) is 0.588. The molecule has 1 aromatic rings. The standard InChI is InChI=1S/C17H26N2O3/c1-4-9-19(14-5-7-18-8-6-14)17(20)13-10-15(21-2)12-16(11-13)22-3/h10-12,14,18H,4-9H2,1-3H3. The highest BCUT2D eigenvalue weighted by Crippen LogP contribution is 2.25. The van der Waals surface area contributed by atoms with Gasteiger partial charge in [-0.3, -0.25) is 4.79 Å². The Bertz CT molecular complexity index is 476. The predicted octanol–water partition coefficient (Wildman–Crippen LogP) is 2.31. The third-order valence-corrected chi connectivity index (χ3v) is 4.07. The van der Waals surface area contributed by atoms with Gasteiger partial charge in [0.05, 0.1) is 14.2 Å². The van der Waals surface area contributed by atoms with Gasteiger partial charge < -0.3 is 19.7 Å². The first-order valence-electron chi connectivity index (χ1n) is 7.94. The van der Waals surface area contributed by atoms with Gasteiger partial charge in [-0.25, -0.2) is 0 Å². The molecular weight excluding hydrogens is 280 g/mol. The highest BCUT2D eigenvalue weighted by molar-refractivity contribution is 5.95. The van der Waals surface area contributed by atoms with Crippen molar-refractivity contribution in [3.8, 4) is 11.5 Å². The van der Waals surface area contributed by atoms with Crippen LogP contribution in [0, 0.1) is 0 Å². The van der Waals surface area contributed by atoms with Gasteiger partial charge in [0.2, 0.25) is 0 Å². The van der Waals surface area contributed by atoms with Crippen molar-refractivity contribution in [1.82, 2.24) is 10.2 Å². The Morgan fingerprint density at radius 3 is 2.27 bits per heavy atom. The number of nitrogens with one attached hydrogen (secondary N) is 1. The molecule has 1 N–H and O–H groups in total. The van der Waals surface area contributed by atoms with E-state index in [0.717, 1.165) is 38.9 Å². The number of benzene rings is 1.